The fourth-order valence-corrected chi connectivity index (χ4v) is 5.54. The van der Waals surface area contributed by atoms with Crippen molar-refractivity contribution < 1.29 is 9.47 Å². The number of fused-ring (bicyclic) bond motifs is 1. The maximum atomic E-state index is 5.51. The van der Waals surface area contributed by atoms with Gasteiger partial charge < -0.3 is 9.47 Å². The molecule has 5 rings (SSSR count). The van der Waals surface area contributed by atoms with E-state index in [0.717, 1.165) is 22.7 Å². The van der Waals surface area contributed by atoms with Crippen molar-refractivity contribution in [2.24, 2.45) is 4.99 Å². The normalized spacial score (nSPS) is 18.2. The largest absolute Gasteiger partial charge is 0.497 e. The van der Waals surface area contributed by atoms with Gasteiger partial charge in [0.2, 0.25) is 0 Å². The van der Waals surface area contributed by atoms with E-state index in [0.29, 0.717) is 0 Å². The highest BCUT2D eigenvalue weighted by molar-refractivity contribution is 5.88. The second-order valence-corrected chi connectivity index (χ2v) is 9.00. The molecule has 0 N–H and O–H groups in total. The zero-order valence-corrected chi connectivity index (χ0v) is 20.1. The Morgan fingerprint density at radius 2 is 1.18 bits per heavy atom. The average Bonchev–Trinajstić information content (AvgIpc) is 2.90. The standard InChI is InChI=1S/C31H29NO2/c1-22-9-8-12-28-29(22)32-21-30(2,23-10-6-5-7-11-23)31(28,24-13-17-26(33-3)18-14-24)25-15-19-27(34-4)20-16-25/h5-21H,1-4H3. The molecule has 34 heavy (non-hydrogen) atoms. The first kappa shape index (κ1) is 22.0. The zero-order valence-electron chi connectivity index (χ0n) is 20.1. The van der Waals surface area contributed by atoms with Crippen LogP contribution in [0.4, 0.5) is 5.69 Å². The summed E-state index contributed by atoms with van der Waals surface area (Å²) in [4.78, 5) is 5.06. The van der Waals surface area contributed by atoms with Crippen molar-refractivity contribution in [3.63, 3.8) is 0 Å². The molecule has 170 valence electrons. The van der Waals surface area contributed by atoms with Crippen molar-refractivity contribution in [1.82, 2.24) is 0 Å². The molecule has 1 unspecified atom stereocenters. The van der Waals surface area contributed by atoms with Gasteiger partial charge in [-0.15, -0.1) is 0 Å². The highest BCUT2D eigenvalue weighted by Gasteiger charge is 2.55. The number of para-hydroxylation sites is 1. The third-order valence-corrected chi connectivity index (χ3v) is 7.29. The van der Waals surface area contributed by atoms with Crippen LogP contribution in [0.25, 0.3) is 0 Å². The van der Waals surface area contributed by atoms with Gasteiger partial charge in [-0.05, 0) is 65.9 Å². The SMILES string of the molecule is COc1ccc(C2(c3ccc(OC)cc3)c3cccc(C)c3N=CC2(C)c2ccccc2)cc1. The molecule has 0 aliphatic carbocycles. The van der Waals surface area contributed by atoms with E-state index in [1.807, 2.05) is 24.3 Å². The molecule has 0 fully saturated rings. The second kappa shape index (κ2) is 8.49. The Morgan fingerprint density at radius 1 is 0.618 bits per heavy atom. The summed E-state index contributed by atoms with van der Waals surface area (Å²) in [5.74, 6) is 1.67. The van der Waals surface area contributed by atoms with E-state index in [1.165, 1.54) is 22.3 Å². The molecule has 0 radical (unpaired) electrons. The molecule has 3 nitrogen and oxygen atoms in total. The summed E-state index contributed by atoms with van der Waals surface area (Å²) >= 11 is 0. The number of ether oxygens (including phenoxy) is 2. The third-order valence-electron chi connectivity index (χ3n) is 7.29. The summed E-state index contributed by atoms with van der Waals surface area (Å²) in [6.45, 7) is 4.43. The van der Waals surface area contributed by atoms with Gasteiger partial charge in [-0.25, -0.2) is 0 Å². The molecule has 0 aromatic heterocycles. The minimum atomic E-state index is -0.532. The van der Waals surface area contributed by atoms with Crippen LogP contribution in [0.15, 0.2) is 102 Å². The van der Waals surface area contributed by atoms with Gasteiger partial charge in [-0.3, -0.25) is 4.99 Å². The van der Waals surface area contributed by atoms with E-state index >= 15 is 0 Å². The van der Waals surface area contributed by atoms with E-state index in [4.69, 9.17) is 14.5 Å². The van der Waals surface area contributed by atoms with Gasteiger partial charge in [-0.2, -0.15) is 0 Å². The molecule has 4 aromatic rings. The first-order chi connectivity index (χ1) is 16.5. The van der Waals surface area contributed by atoms with Crippen LogP contribution in [-0.4, -0.2) is 20.4 Å². The monoisotopic (exact) mass is 447 g/mol. The van der Waals surface area contributed by atoms with Crippen molar-refractivity contribution >= 4 is 11.9 Å². The van der Waals surface area contributed by atoms with Gasteiger partial charge in [0.05, 0.1) is 25.3 Å². The maximum Gasteiger partial charge on any atom is 0.118 e. The molecule has 4 aromatic carbocycles. The third kappa shape index (κ3) is 3.15. The smallest absolute Gasteiger partial charge is 0.118 e. The lowest BCUT2D eigenvalue weighted by Crippen LogP contribution is -2.51. The van der Waals surface area contributed by atoms with E-state index in [-0.39, 0.29) is 0 Å². The number of hydrogen-bond donors (Lipinski definition) is 0. The van der Waals surface area contributed by atoms with Gasteiger partial charge in [0.25, 0.3) is 0 Å². The van der Waals surface area contributed by atoms with Crippen molar-refractivity contribution in [2.75, 3.05) is 14.2 Å². The zero-order chi connectivity index (χ0) is 23.8. The predicted molar refractivity (Wildman–Crippen MR) is 139 cm³/mol. The summed E-state index contributed by atoms with van der Waals surface area (Å²) in [5.41, 5.74) is 5.96. The average molecular weight is 448 g/mol. The molecular weight excluding hydrogens is 418 g/mol. The van der Waals surface area contributed by atoms with Gasteiger partial charge in [-0.1, -0.05) is 72.8 Å². The number of rotatable bonds is 5. The number of methoxy groups -OCH3 is 2. The summed E-state index contributed by atoms with van der Waals surface area (Å²) < 4.78 is 11.0. The molecule has 0 spiro atoms. The predicted octanol–water partition coefficient (Wildman–Crippen LogP) is 7.02. The van der Waals surface area contributed by atoms with Crippen LogP contribution in [0.3, 0.4) is 0 Å². The van der Waals surface area contributed by atoms with Gasteiger partial charge in [0.15, 0.2) is 0 Å². The van der Waals surface area contributed by atoms with E-state index in [2.05, 4.69) is 92.9 Å². The maximum absolute atomic E-state index is 5.51. The Hall–Kier alpha value is -3.85. The minimum absolute atomic E-state index is 0.460. The Bertz CT molecular complexity index is 1280. The van der Waals surface area contributed by atoms with Crippen molar-refractivity contribution in [2.45, 2.75) is 24.7 Å². The van der Waals surface area contributed by atoms with Crippen LogP contribution >= 0.6 is 0 Å². The van der Waals surface area contributed by atoms with Crippen LogP contribution in [0.1, 0.15) is 34.7 Å². The number of benzene rings is 4. The van der Waals surface area contributed by atoms with E-state index in [1.54, 1.807) is 14.2 Å². The van der Waals surface area contributed by atoms with E-state index < -0.39 is 10.8 Å². The number of aryl methyl sites for hydroxylation is 1. The summed E-state index contributed by atoms with van der Waals surface area (Å²) in [6, 6.07) is 34.1. The van der Waals surface area contributed by atoms with Gasteiger partial charge in [0.1, 0.15) is 11.5 Å². The highest BCUT2D eigenvalue weighted by atomic mass is 16.5. The van der Waals surface area contributed by atoms with E-state index in [9.17, 15) is 0 Å². The topological polar surface area (TPSA) is 30.8 Å². The van der Waals surface area contributed by atoms with Crippen LogP contribution in [0, 0.1) is 6.92 Å². The number of aliphatic imine (C=N–C) groups is 1. The van der Waals surface area contributed by atoms with Crippen molar-refractivity contribution in [3.05, 3.63) is 125 Å². The highest BCUT2D eigenvalue weighted by Crippen LogP contribution is 2.57. The molecule has 3 heteroatoms. The summed E-state index contributed by atoms with van der Waals surface area (Å²) in [7, 11) is 3.41. The Balaban J connectivity index is 1.94. The minimum Gasteiger partial charge on any atom is -0.497 e. The van der Waals surface area contributed by atoms with Crippen LogP contribution in [0.5, 0.6) is 11.5 Å². The lowest BCUT2D eigenvalue weighted by molar-refractivity contribution is 0.408. The van der Waals surface area contributed by atoms with Crippen LogP contribution in [-0.2, 0) is 10.8 Å². The number of hydrogen-bond acceptors (Lipinski definition) is 3. The number of nitrogens with zero attached hydrogens (tertiary/aromatic N) is 1. The fourth-order valence-electron chi connectivity index (χ4n) is 5.54. The summed E-state index contributed by atoms with van der Waals surface area (Å²) in [6.07, 6.45) is 2.14. The molecule has 0 saturated carbocycles. The van der Waals surface area contributed by atoms with Gasteiger partial charge >= 0.3 is 0 Å². The second-order valence-electron chi connectivity index (χ2n) is 9.00. The molecule has 1 aliphatic rings. The molecule has 0 bridgehead atoms. The lowest BCUT2D eigenvalue weighted by atomic mass is 9.51. The van der Waals surface area contributed by atoms with Crippen LogP contribution < -0.4 is 9.47 Å². The van der Waals surface area contributed by atoms with Crippen molar-refractivity contribution in [1.29, 1.82) is 0 Å². The molecule has 1 heterocycles. The Morgan fingerprint density at radius 3 is 1.71 bits per heavy atom. The lowest BCUT2D eigenvalue weighted by Gasteiger charge is -2.51. The first-order valence-corrected chi connectivity index (χ1v) is 11.5. The molecule has 1 atom stereocenters. The summed E-state index contributed by atoms with van der Waals surface area (Å²) in [5, 5.41) is 0. The molecule has 0 saturated heterocycles. The van der Waals surface area contributed by atoms with Crippen LogP contribution in [0.2, 0.25) is 0 Å². The molecular formula is C31H29NO2. The quantitative estimate of drug-likeness (QED) is 0.329. The fraction of sp³-hybridized carbons (Fsp3) is 0.194. The molecule has 1 aliphatic heterocycles. The van der Waals surface area contributed by atoms with Gasteiger partial charge in [0, 0.05) is 11.6 Å². The Labute approximate surface area is 201 Å². The Kier molecular flexibility index (Phi) is 5.49. The first-order valence-electron chi connectivity index (χ1n) is 11.5. The molecule has 0 amide bonds. The van der Waals surface area contributed by atoms with Crippen molar-refractivity contribution in [3.8, 4) is 11.5 Å².